The highest BCUT2D eigenvalue weighted by Crippen LogP contribution is 2.37. The summed E-state index contributed by atoms with van der Waals surface area (Å²) in [6, 6.07) is 63.1. The van der Waals surface area contributed by atoms with Gasteiger partial charge >= 0.3 is 0 Å². The van der Waals surface area contributed by atoms with Crippen LogP contribution in [0.2, 0.25) is 0 Å². The third-order valence-electron chi connectivity index (χ3n) is 12.4. The summed E-state index contributed by atoms with van der Waals surface area (Å²) >= 11 is 0. The van der Waals surface area contributed by atoms with Gasteiger partial charge in [0.1, 0.15) is 53.0 Å². The van der Waals surface area contributed by atoms with Gasteiger partial charge in [-0.05, 0) is 88.0 Å². The van der Waals surface area contributed by atoms with Gasteiger partial charge in [-0.25, -0.2) is 44.9 Å². The number of hydrogen-bond acceptors (Lipinski definition) is 9. The molecule has 0 atom stereocenters. The number of hydrogen-bond donors (Lipinski definition) is 0. The van der Waals surface area contributed by atoms with Crippen LogP contribution in [-0.2, 0) is 0 Å². The van der Waals surface area contributed by atoms with Crippen LogP contribution in [0.25, 0.3) is 118 Å². The van der Waals surface area contributed by atoms with Crippen molar-refractivity contribution in [2.75, 3.05) is 0 Å². The van der Waals surface area contributed by atoms with Gasteiger partial charge in [-0.3, -0.25) is 13.7 Å². The lowest BCUT2D eigenvalue weighted by Crippen LogP contribution is -1.98. The van der Waals surface area contributed by atoms with Gasteiger partial charge in [-0.2, -0.15) is 0 Å². The number of imidazole rings is 3. The monoisotopic (exact) mass is 888 g/mol. The first-order valence-electron chi connectivity index (χ1n) is 22.4. The van der Waals surface area contributed by atoms with E-state index in [9.17, 15) is 0 Å². The Morgan fingerprint density at radius 2 is 0.522 bits per heavy atom. The van der Waals surface area contributed by atoms with Crippen molar-refractivity contribution in [2.24, 2.45) is 0 Å². The molecule has 6 aromatic heterocycles. The Morgan fingerprint density at radius 3 is 0.797 bits per heavy atom. The van der Waals surface area contributed by atoms with Crippen LogP contribution in [0.5, 0.6) is 0 Å². The van der Waals surface area contributed by atoms with E-state index in [1.807, 2.05) is 73.2 Å². The zero-order chi connectivity index (χ0) is 45.7. The van der Waals surface area contributed by atoms with E-state index in [4.69, 9.17) is 15.0 Å². The molecule has 0 radical (unpaired) electrons. The van der Waals surface area contributed by atoms with Gasteiger partial charge in [0.2, 0.25) is 0 Å². The smallest absolute Gasteiger partial charge is 0.181 e. The molecule has 7 aromatic carbocycles. The van der Waals surface area contributed by atoms with E-state index in [0.29, 0.717) is 16.9 Å². The number of rotatable bonds is 9. The molecule has 69 heavy (non-hydrogen) atoms. The maximum absolute atomic E-state index is 4.98. The van der Waals surface area contributed by atoms with Crippen LogP contribution in [0.3, 0.4) is 0 Å². The maximum Gasteiger partial charge on any atom is 0.181 e. The highest BCUT2D eigenvalue weighted by atomic mass is 15.1. The first-order chi connectivity index (χ1) is 34.2. The third kappa shape index (κ3) is 7.07. The molecule has 0 fully saturated rings. The fourth-order valence-corrected chi connectivity index (χ4v) is 9.13. The summed E-state index contributed by atoms with van der Waals surface area (Å²) in [6.07, 6.45) is 10.1. The van der Waals surface area contributed by atoms with E-state index in [0.717, 1.165) is 101 Å². The Labute approximate surface area is 394 Å². The molecule has 0 aliphatic carbocycles. The SMILES string of the molecule is c1ccc(-n2c(-c3ccc(-c4cc(-c5ccc(-c6nc7ncncc7n6-c6ccccc6)cc5)cc(-c5ccc(-c6nc7ncncc7n6-c6ccccc6)cc5)c4)cc3)nc3ncncc32)cc1. The van der Waals surface area contributed by atoms with Crippen LogP contribution in [0, 0.1) is 0 Å². The third-order valence-corrected chi connectivity index (χ3v) is 12.4. The van der Waals surface area contributed by atoms with Crippen LogP contribution < -0.4 is 0 Å². The van der Waals surface area contributed by atoms with E-state index in [1.54, 1.807) is 0 Å². The minimum absolute atomic E-state index is 0.638. The molecule has 0 N–H and O–H groups in total. The molecule has 6 heterocycles. The second-order valence-electron chi connectivity index (χ2n) is 16.5. The minimum atomic E-state index is 0.638. The first kappa shape index (κ1) is 39.5. The fraction of sp³-hybridized carbons (Fsp3) is 0. The second kappa shape index (κ2) is 16.6. The largest absolute Gasteiger partial charge is 0.289 e. The molecule has 0 aliphatic heterocycles. The maximum atomic E-state index is 4.98. The van der Waals surface area contributed by atoms with Gasteiger partial charge in [0.05, 0.1) is 18.6 Å². The van der Waals surface area contributed by atoms with E-state index in [2.05, 4.69) is 171 Å². The van der Waals surface area contributed by atoms with Gasteiger partial charge in [-0.1, -0.05) is 127 Å². The molecule has 0 unspecified atom stereocenters. The molecule has 0 saturated carbocycles. The number of para-hydroxylation sites is 3. The standard InChI is InChI=1S/C57H36N12/c1-4-10-46(11-5-1)67-49-31-58-34-61-52(49)64-55(67)40-22-16-37(17-23-40)43-28-44(38-18-24-41(25-19-38)56-65-53-50(32-59-35-62-53)68(56)47-12-6-2-7-13-47)30-45(29-43)39-20-26-42(27-21-39)57-66-54-51(33-60-36-63-54)69(57)48-14-8-3-9-15-48/h1-36H. The lowest BCUT2D eigenvalue weighted by atomic mass is 9.92. The van der Waals surface area contributed by atoms with Crippen molar-refractivity contribution < 1.29 is 0 Å². The molecule has 324 valence electrons. The molecular weight excluding hydrogens is 853 g/mol. The molecule has 0 amide bonds. The van der Waals surface area contributed by atoms with E-state index in [1.165, 1.54) is 19.0 Å². The Hall–Kier alpha value is -9.81. The van der Waals surface area contributed by atoms with E-state index >= 15 is 0 Å². The van der Waals surface area contributed by atoms with Gasteiger partial charge < -0.3 is 0 Å². The predicted octanol–water partition coefficient (Wildman–Crippen LogP) is 12.1. The van der Waals surface area contributed by atoms with Crippen LogP contribution in [0.15, 0.2) is 220 Å². The molecule has 0 saturated heterocycles. The lowest BCUT2D eigenvalue weighted by molar-refractivity contribution is 1.10. The molecule has 0 spiro atoms. The van der Waals surface area contributed by atoms with Gasteiger partial charge in [0.25, 0.3) is 0 Å². The fourth-order valence-electron chi connectivity index (χ4n) is 9.13. The molecule has 12 nitrogen and oxygen atoms in total. The van der Waals surface area contributed by atoms with Crippen molar-refractivity contribution in [1.82, 2.24) is 58.6 Å². The Balaban J connectivity index is 0.914. The lowest BCUT2D eigenvalue weighted by Gasteiger charge is -2.14. The number of nitrogens with zero attached hydrogens (tertiary/aromatic N) is 12. The van der Waals surface area contributed by atoms with Crippen molar-refractivity contribution in [3.05, 3.63) is 220 Å². The van der Waals surface area contributed by atoms with E-state index in [-0.39, 0.29) is 0 Å². The zero-order valence-corrected chi connectivity index (χ0v) is 36.7. The summed E-state index contributed by atoms with van der Waals surface area (Å²) < 4.78 is 6.34. The van der Waals surface area contributed by atoms with Crippen LogP contribution in [-0.4, -0.2) is 58.6 Å². The topological polar surface area (TPSA) is 131 Å². The Bertz CT molecular complexity index is 3550. The van der Waals surface area contributed by atoms with Crippen molar-refractivity contribution >= 4 is 33.5 Å². The van der Waals surface area contributed by atoms with Crippen molar-refractivity contribution in [1.29, 1.82) is 0 Å². The van der Waals surface area contributed by atoms with Crippen LogP contribution in [0.1, 0.15) is 0 Å². The quantitative estimate of drug-likeness (QED) is 0.139. The van der Waals surface area contributed by atoms with Gasteiger partial charge in [-0.15, -0.1) is 0 Å². The molecule has 13 rings (SSSR count). The molecule has 0 aliphatic rings. The summed E-state index contributed by atoms with van der Waals surface area (Å²) in [5.74, 6) is 2.37. The predicted molar refractivity (Wildman–Crippen MR) is 270 cm³/mol. The number of aromatic nitrogens is 12. The van der Waals surface area contributed by atoms with E-state index < -0.39 is 0 Å². The van der Waals surface area contributed by atoms with Crippen molar-refractivity contribution in [3.8, 4) is 84.6 Å². The Kier molecular flexibility index (Phi) is 9.49. The Morgan fingerprint density at radius 1 is 0.261 bits per heavy atom. The summed E-state index contributed by atoms with van der Waals surface area (Å²) in [7, 11) is 0. The van der Waals surface area contributed by atoms with Crippen molar-refractivity contribution in [3.63, 3.8) is 0 Å². The molecular formula is C57H36N12. The van der Waals surface area contributed by atoms with Crippen molar-refractivity contribution in [2.45, 2.75) is 0 Å². The summed E-state index contributed by atoms with van der Waals surface area (Å²) in [5.41, 5.74) is 16.7. The second-order valence-corrected chi connectivity index (χ2v) is 16.5. The number of fused-ring (bicyclic) bond motifs is 3. The summed E-state index contributed by atoms with van der Waals surface area (Å²) in [6.45, 7) is 0. The molecule has 13 aromatic rings. The van der Waals surface area contributed by atoms with Gasteiger partial charge in [0, 0.05) is 33.8 Å². The average molecular weight is 889 g/mol. The summed E-state index contributed by atoms with van der Waals surface area (Å²) in [5, 5.41) is 0. The molecule has 0 bridgehead atoms. The van der Waals surface area contributed by atoms with Crippen LogP contribution >= 0.6 is 0 Å². The first-order valence-corrected chi connectivity index (χ1v) is 22.4. The molecule has 12 heteroatoms. The zero-order valence-electron chi connectivity index (χ0n) is 36.7. The number of benzene rings is 7. The average Bonchev–Trinajstić information content (AvgIpc) is 4.14. The normalized spacial score (nSPS) is 11.5. The highest BCUT2D eigenvalue weighted by Gasteiger charge is 2.19. The van der Waals surface area contributed by atoms with Crippen LogP contribution in [0.4, 0.5) is 0 Å². The van der Waals surface area contributed by atoms with Gasteiger partial charge in [0.15, 0.2) is 16.9 Å². The highest BCUT2D eigenvalue weighted by molar-refractivity contribution is 5.86. The minimum Gasteiger partial charge on any atom is -0.289 e. The summed E-state index contributed by atoms with van der Waals surface area (Å²) in [4.78, 5) is 41.4.